The highest BCUT2D eigenvalue weighted by Crippen LogP contribution is 2.29. The third kappa shape index (κ3) is 3.98. The summed E-state index contributed by atoms with van der Waals surface area (Å²) in [6, 6.07) is 19.9. The number of aromatic nitrogens is 2. The number of nitro groups is 1. The van der Waals surface area contributed by atoms with Gasteiger partial charge in [0.25, 0.3) is 11.6 Å². The largest absolute Gasteiger partial charge is 0.362 e. The van der Waals surface area contributed by atoms with Gasteiger partial charge < -0.3 is 9.80 Å². The average Bonchev–Trinajstić information content (AvgIpc) is 2.88. The first-order valence-corrected chi connectivity index (χ1v) is 10.7. The van der Waals surface area contributed by atoms with E-state index in [0.717, 1.165) is 16.5 Å². The molecule has 1 aliphatic rings. The van der Waals surface area contributed by atoms with Gasteiger partial charge in [0, 0.05) is 55.6 Å². The van der Waals surface area contributed by atoms with E-state index >= 15 is 0 Å². The fraction of sp³-hybridized carbons (Fsp3) is 0.160. The molecule has 2 aromatic carbocycles. The van der Waals surface area contributed by atoms with Crippen molar-refractivity contribution in [3.63, 3.8) is 0 Å². The summed E-state index contributed by atoms with van der Waals surface area (Å²) in [5, 5.41) is 12.2. The number of rotatable bonds is 4. The van der Waals surface area contributed by atoms with Crippen molar-refractivity contribution in [2.24, 2.45) is 0 Å². The monoisotopic (exact) mass is 439 g/mol. The second-order valence-electron chi connectivity index (χ2n) is 7.84. The van der Waals surface area contributed by atoms with Gasteiger partial charge in [0.1, 0.15) is 5.69 Å². The molecule has 0 atom stereocenters. The van der Waals surface area contributed by atoms with Crippen molar-refractivity contribution in [3.05, 3.63) is 94.8 Å². The van der Waals surface area contributed by atoms with Crippen LogP contribution in [0.15, 0.2) is 79.1 Å². The van der Waals surface area contributed by atoms with Gasteiger partial charge in [-0.1, -0.05) is 30.3 Å². The Balaban J connectivity index is 1.43. The molecule has 0 unspecified atom stereocenters. The highest BCUT2D eigenvalue weighted by atomic mass is 16.6. The molecule has 5 rings (SSSR count). The van der Waals surface area contributed by atoms with Crippen LogP contribution in [0.3, 0.4) is 0 Å². The summed E-state index contributed by atoms with van der Waals surface area (Å²) < 4.78 is 0. The molecule has 0 saturated carbocycles. The van der Waals surface area contributed by atoms with Crippen LogP contribution in [0, 0.1) is 10.1 Å². The van der Waals surface area contributed by atoms with Crippen molar-refractivity contribution < 1.29 is 9.72 Å². The Kier molecular flexibility index (Phi) is 5.40. The molecular formula is C25H21N5O3. The molecule has 0 radical (unpaired) electrons. The maximum atomic E-state index is 13.6. The normalized spacial score (nSPS) is 13.8. The Bertz CT molecular complexity index is 1330. The van der Waals surface area contributed by atoms with E-state index in [9.17, 15) is 14.9 Å². The number of hydrogen-bond donors (Lipinski definition) is 0. The number of fused-ring (bicyclic) bond motifs is 1. The second-order valence-corrected chi connectivity index (χ2v) is 7.84. The number of carbonyl (C=O) groups excluding carboxylic acids is 1. The highest BCUT2D eigenvalue weighted by molar-refractivity contribution is 6.07. The molecule has 3 heterocycles. The molecule has 2 aromatic heterocycles. The molecule has 0 spiro atoms. The highest BCUT2D eigenvalue weighted by Gasteiger charge is 2.27. The first-order valence-electron chi connectivity index (χ1n) is 10.7. The number of anilines is 1. The Morgan fingerprint density at radius 3 is 2.45 bits per heavy atom. The van der Waals surface area contributed by atoms with Gasteiger partial charge >= 0.3 is 0 Å². The van der Waals surface area contributed by atoms with Crippen LogP contribution in [0.2, 0.25) is 0 Å². The molecule has 1 fully saturated rings. The molecule has 1 aliphatic heterocycles. The van der Waals surface area contributed by atoms with Crippen LogP contribution in [0.5, 0.6) is 0 Å². The van der Waals surface area contributed by atoms with Gasteiger partial charge in [0.15, 0.2) is 0 Å². The standard InChI is InChI=1S/C25H21N5O3/c31-25(29-14-12-28(13-15-29)23-9-3-4-10-24(23)30(32)33)20-16-22(18-6-5-11-26-17-18)27-21-8-2-1-7-19(20)21/h1-11,16-17H,12-15H2. The molecule has 33 heavy (non-hydrogen) atoms. The number of amides is 1. The summed E-state index contributed by atoms with van der Waals surface area (Å²) in [4.78, 5) is 37.3. The Morgan fingerprint density at radius 1 is 0.939 bits per heavy atom. The summed E-state index contributed by atoms with van der Waals surface area (Å²) in [6.07, 6.45) is 3.43. The van der Waals surface area contributed by atoms with E-state index in [1.807, 2.05) is 47.4 Å². The second kappa shape index (κ2) is 8.66. The summed E-state index contributed by atoms with van der Waals surface area (Å²) in [7, 11) is 0. The molecule has 8 heteroatoms. The van der Waals surface area contributed by atoms with E-state index < -0.39 is 0 Å². The minimum absolute atomic E-state index is 0.0686. The minimum atomic E-state index is -0.365. The van der Waals surface area contributed by atoms with Gasteiger partial charge in [-0.25, -0.2) is 4.98 Å². The lowest BCUT2D eigenvalue weighted by atomic mass is 10.0. The predicted molar refractivity (Wildman–Crippen MR) is 126 cm³/mol. The Hall–Kier alpha value is -4.33. The zero-order valence-electron chi connectivity index (χ0n) is 17.8. The maximum absolute atomic E-state index is 13.6. The number of carbonyl (C=O) groups is 1. The number of pyridine rings is 2. The van der Waals surface area contributed by atoms with Crippen LogP contribution in [0.25, 0.3) is 22.2 Å². The SMILES string of the molecule is O=C(c1cc(-c2cccnc2)nc2ccccc12)N1CCN(c2ccccc2[N+](=O)[O-])CC1. The summed E-state index contributed by atoms with van der Waals surface area (Å²) in [5.41, 5.74) is 3.56. The number of benzene rings is 2. The van der Waals surface area contributed by atoms with Gasteiger partial charge in [-0.05, 0) is 30.3 Å². The first kappa shape index (κ1) is 20.6. The number of nitrogens with zero attached hydrogens (tertiary/aromatic N) is 5. The average molecular weight is 439 g/mol. The molecule has 4 aromatic rings. The molecule has 1 saturated heterocycles. The Morgan fingerprint density at radius 2 is 1.70 bits per heavy atom. The van der Waals surface area contributed by atoms with Crippen molar-refractivity contribution in [1.29, 1.82) is 0 Å². The quantitative estimate of drug-likeness (QED) is 0.350. The van der Waals surface area contributed by atoms with Crippen molar-refractivity contribution in [2.45, 2.75) is 0 Å². The van der Waals surface area contributed by atoms with Crippen molar-refractivity contribution in [1.82, 2.24) is 14.9 Å². The lowest BCUT2D eigenvalue weighted by molar-refractivity contribution is -0.384. The summed E-state index contributed by atoms with van der Waals surface area (Å²) >= 11 is 0. The van der Waals surface area contributed by atoms with Gasteiger partial charge in [0.2, 0.25) is 0 Å². The lowest BCUT2D eigenvalue weighted by Crippen LogP contribution is -2.49. The molecule has 0 bridgehead atoms. The Labute approximate surface area is 190 Å². The van der Waals surface area contributed by atoms with Crippen molar-refractivity contribution in [2.75, 3.05) is 31.1 Å². The molecule has 164 valence electrons. The number of piperazine rings is 1. The van der Waals surface area contributed by atoms with Gasteiger partial charge in [-0.15, -0.1) is 0 Å². The first-order chi connectivity index (χ1) is 16.1. The number of nitro benzene ring substituents is 1. The fourth-order valence-corrected chi connectivity index (χ4v) is 4.22. The fourth-order valence-electron chi connectivity index (χ4n) is 4.22. The van der Waals surface area contributed by atoms with Crippen LogP contribution in [-0.2, 0) is 0 Å². The smallest absolute Gasteiger partial charge is 0.292 e. The van der Waals surface area contributed by atoms with E-state index in [-0.39, 0.29) is 16.5 Å². The predicted octanol–water partition coefficient (Wildman–Crippen LogP) is 4.17. The van der Waals surface area contributed by atoms with Crippen LogP contribution >= 0.6 is 0 Å². The van der Waals surface area contributed by atoms with E-state index in [1.165, 1.54) is 6.07 Å². The summed E-state index contributed by atoms with van der Waals surface area (Å²) in [6.45, 7) is 2.00. The number of para-hydroxylation sites is 3. The van der Waals surface area contributed by atoms with Crippen molar-refractivity contribution >= 4 is 28.2 Å². The zero-order valence-corrected chi connectivity index (χ0v) is 17.8. The molecular weight excluding hydrogens is 418 g/mol. The third-order valence-corrected chi connectivity index (χ3v) is 5.89. The number of hydrogen-bond acceptors (Lipinski definition) is 6. The van der Waals surface area contributed by atoms with Gasteiger partial charge in [-0.2, -0.15) is 0 Å². The van der Waals surface area contributed by atoms with Crippen molar-refractivity contribution in [3.8, 4) is 11.3 Å². The minimum Gasteiger partial charge on any atom is -0.362 e. The molecule has 0 aliphatic carbocycles. The van der Waals surface area contributed by atoms with Crippen LogP contribution < -0.4 is 4.90 Å². The van der Waals surface area contributed by atoms with Gasteiger partial charge in [-0.3, -0.25) is 19.9 Å². The van der Waals surface area contributed by atoms with E-state index in [0.29, 0.717) is 43.1 Å². The van der Waals surface area contributed by atoms with Gasteiger partial charge in [0.05, 0.1) is 21.7 Å². The third-order valence-electron chi connectivity index (χ3n) is 5.89. The van der Waals surface area contributed by atoms with E-state index in [1.54, 1.807) is 35.5 Å². The molecule has 1 amide bonds. The maximum Gasteiger partial charge on any atom is 0.292 e. The lowest BCUT2D eigenvalue weighted by Gasteiger charge is -2.36. The van der Waals surface area contributed by atoms with Crippen LogP contribution in [-0.4, -0.2) is 51.9 Å². The molecule has 0 N–H and O–H groups in total. The summed E-state index contributed by atoms with van der Waals surface area (Å²) in [5.74, 6) is -0.0686. The van der Waals surface area contributed by atoms with Crippen LogP contribution in [0.1, 0.15) is 10.4 Å². The molecule has 8 nitrogen and oxygen atoms in total. The zero-order chi connectivity index (χ0) is 22.8. The topological polar surface area (TPSA) is 92.5 Å². The van der Waals surface area contributed by atoms with Crippen LogP contribution in [0.4, 0.5) is 11.4 Å². The van der Waals surface area contributed by atoms with E-state index in [2.05, 4.69) is 4.98 Å². The van der Waals surface area contributed by atoms with E-state index in [4.69, 9.17) is 4.98 Å².